The van der Waals surface area contributed by atoms with Crippen molar-refractivity contribution in [2.45, 2.75) is 51.4 Å². The van der Waals surface area contributed by atoms with E-state index in [9.17, 15) is 0 Å². The Balaban J connectivity index is 2.61. The first kappa shape index (κ1) is 18.6. The Morgan fingerprint density at radius 2 is 1.96 bits per heavy atom. The minimum Gasteiger partial charge on any atom is -0.408 e. The monoisotopic (exact) mass is 339 g/mol. The number of nitrogens with zero attached hydrogens (tertiary/aromatic N) is 1. The minimum atomic E-state index is -1.93. The fourth-order valence-electron chi connectivity index (χ4n) is 2.84. The first-order chi connectivity index (χ1) is 11.1. The molecule has 0 saturated heterocycles. The second-order valence-electron chi connectivity index (χ2n) is 7.87. The molecule has 24 heavy (non-hydrogen) atoms. The molecule has 0 amide bonds. The van der Waals surface area contributed by atoms with Crippen molar-refractivity contribution in [1.29, 1.82) is 0 Å². The van der Waals surface area contributed by atoms with Crippen molar-refractivity contribution < 1.29 is 4.43 Å². The summed E-state index contributed by atoms with van der Waals surface area (Å²) in [6, 6.07) is 8.27. The van der Waals surface area contributed by atoms with Gasteiger partial charge in [-0.2, -0.15) is 0 Å². The van der Waals surface area contributed by atoms with Gasteiger partial charge in [-0.15, -0.1) is 13.0 Å². The molecule has 128 valence electrons. The van der Waals surface area contributed by atoms with E-state index >= 15 is 0 Å². The lowest BCUT2D eigenvalue weighted by molar-refractivity contribution is 0.179. The van der Waals surface area contributed by atoms with Crippen LogP contribution in [0, 0.1) is 12.3 Å². The van der Waals surface area contributed by atoms with Crippen LogP contribution >= 0.6 is 0 Å². The van der Waals surface area contributed by atoms with E-state index in [1.165, 1.54) is 0 Å². The van der Waals surface area contributed by atoms with Gasteiger partial charge in [0.1, 0.15) is 0 Å². The Labute approximate surface area is 147 Å². The smallest absolute Gasteiger partial charge is 0.193 e. The van der Waals surface area contributed by atoms with Crippen LogP contribution in [0.2, 0.25) is 18.1 Å². The highest BCUT2D eigenvalue weighted by atomic mass is 28.4. The average molecular weight is 340 g/mol. The van der Waals surface area contributed by atoms with Crippen LogP contribution in [0.3, 0.4) is 0 Å². The molecule has 0 aliphatic heterocycles. The van der Waals surface area contributed by atoms with Crippen LogP contribution in [0.4, 0.5) is 0 Å². The Morgan fingerprint density at radius 3 is 2.50 bits per heavy atom. The van der Waals surface area contributed by atoms with Gasteiger partial charge in [-0.1, -0.05) is 51.0 Å². The third-order valence-corrected chi connectivity index (χ3v) is 9.71. The molecule has 3 heteroatoms. The summed E-state index contributed by atoms with van der Waals surface area (Å²) in [5, 5.41) is 1.26. The van der Waals surface area contributed by atoms with E-state index in [0.29, 0.717) is 0 Å². The molecule has 1 atom stereocenters. The second-order valence-corrected chi connectivity index (χ2v) is 12.6. The first-order valence-corrected chi connectivity index (χ1v) is 11.4. The highest BCUT2D eigenvalue weighted by Gasteiger charge is 2.40. The predicted octanol–water partition coefficient (Wildman–Crippen LogP) is 5.80. The van der Waals surface area contributed by atoms with Crippen molar-refractivity contribution in [3.63, 3.8) is 0 Å². The first-order valence-electron chi connectivity index (χ1n) is 8.46. The number of benzene rings is 1. The van der Waals surface area contributed by atoms with E-state index in [-0.39, 0.29) is 11.1 Å². The molecule has 0 fully saturated rings. The lowest BCUT2D eigenvalue weighted by atomic mass is 10.1. The molecule has 2 rings (SSSR count). The Hall–Kier alpha value is -1.76. The number of aromatic nitrogens is 1. The van der Waals surface area contributed by atoms with Crippen molar-refractivity contribution >= 4 is 19.2 Å². The quantitative estimate of drug-likeness (QED) is 0.381. The molecule has 1 aromatic carbocycles. The molecule has 1 unspecified atom stereocenters. The number of aryl methyl sites for hydroxylation is 1. The molecule has 0 saturated carbocycles. The third kappa shape index (κ3) is 3.22. The van der Waals surface area contributed by atoms with Crippen LogP contribution in [0.15, 0.2) is 36.9 Å². The Bertz CT molecular complexity index is 786. The topological polar surface area (TPSA) is 14.2 Å². The average Bonchev–Trinajstić information content (AvgIpc) is 2.78. The van der Waals surface area contributed by atoms with E-state index < -0.39 is 8.32 Å². The largest absolute Gasteiger partial charge is 0.408 e. The predicted molar refractivity (Wildman–Crippen MR) is 107 cm³/mol. The summed E-state index contributed by atoms with van der Waals surface area (Å²) in [5.41, 5.74) is 3.18. The number of rotatable bonds is 5. The SMILES string of the molecule is C#Cc1c(C(CC=C)O[Si](C)(C)C(C)(C)C)n(C)c2ccccc12. The van der Waals surface area contributed by atoms with Gasteiger partial charge in [0.15, 0.2) is 8.32 Å². The summed E-state index contributed by atoms with van der Waals surface area (Å²) >= 11 is 0. The third-order valence-electron chi connectivity index (χ3n) is 5.23. The maximum Gasteiger partial charge on any atom is 0.193 e. The van der Waals surface area contributed by atoms with E-state index in [1.807, 2.05) is 18.2 Å². The maximum absolute atomic E-state index is 6.73. The van der Waals surface area contributed by atoms with Gasteiger partial charge in [-0.25, -0.2) is 0 Å². The van der Waals surface area contributed by atoms with Crippen LogP contribution in [0.5, 0.6) is 0 Å². The molecule has 0 bridgehead atoms. The summed E-state index contributed by atoms with van der Waals surface area (Å²) in [5.74, 6) is 2.90. The van der Waals surface area contributed by atoms with E-state index in [1.54, 1.807) is 0 Å². The van der Waals surface area contributed by atoms with Gasteiger partial charge in [-0.05, 0) is 30.6 Å². The van der Waals surface area contributed by atoms with Crippen molar-refractivity contribution in [1.82, 2.24) is 4.57 Å². The lowest BCUT2D eigenvalue weighted by Gasteiger charge is -2.39. The summed E-state index contributed by atoms with van der Waals surface area (Å²) < 4.78 is 8.92. The summed E-state index contributed by atoms with van der Waals surface area (Å²) in [7, 11) is 0.148. The van der Waals surface area contributed by atoms with Gasteiger partial charge in [0.05, 0.1) is 17.4 Å². The van der Waals surface area contributed by atoms with Gasteiger partial charge in [0.25, 0.3) is 0 Å². The number of hydrogen-bond acceptors (Lipinski definition) is 1. The zero-order chi connectivity index (χ0) is 18.1. The normalized spacial score (nSPS) is 13.7. The van der Waals surface area contributed by atoms with Crippen LogP contribution in [-0.2, 0) is 11.5 Å². The molecular weight excluding hydrogens is 310 g/mol. The highest BCUT2D eigenvalue weighted by Crippen LogP contribution is 2.42. The van der Waals surface area contributed by atoms with Gasteiger partial charge in [-0.3, -0.25) is 0 Å². The molecule has 1 heterocycles. The second kappa shape index (κ2) is 6.62. The molecule has 0 aliphatic carbocycles. The molecule has 0 radical (unpaired) electrons. The standard InChI is InChI=1S/C21H29NOSi/c1-9-13-19(23-24(7,8)21(3,4)5)20-16(10-2)17-14-11-12-15-18(17)22(20)6/h2,9,11-12,14-15,19H,1,13H2,3-8H3. The molecule has 0 aliphatic rings. The van der Waals surface area contributed by atoms with E-state index in [4.69, 9.17) is 10.8 Å². The van der Waals surface area contributed by atoms with Crippen LogP contribution in [0.1, 0.15) is 44.6 Å². The summed E-state index contributed by atoms with van der Waals surface area (Å²) in [4.78, 5) is 0. The lowest BCUT2D eigenvalue weighted by Crippen LogP contribution is -2.42. The fourth-order valence-corrected chi connectivity index (χ4v) is 4.11. The van der Waals surface area contributed by atoms with Crippen LogP contribution in [-0.4, -0.2) is 12.9 Å². The van der Waals surface area contributed by atoms with Crippen molar-refractivity contribution in [2.75, 3.05) is 0 Å². The Kier molecular flexibility index (Phi) is 5.13. The van der Waals surface area contributed by atoms with E-state index in [0.717, 1.165) is 28.6 Å². The van der Waals surface area contributed by atoms with Gasteiger partial charge in [0, 0.05) is 18.0 Å². The zero-order valence-electron chi connectivity index (χ0n) is 15.8. The highest BCUT2D eigenvalue weighted by molar-refractivity contribution is 6.74. The number of fused-ring (bicyclic) bond motifs is 1. The van der Waals surface area contributed by atoms with Crippen molar-refractivity contribution in [3.05, 3.63) is 48.2 Å². The fraction of sp³-hybridized carbons (Fsp3) is 0.429. The summed E-state index contributed by atoms with van der Waals surface area (Å²) in [6.45, 7) is 15.3. The van der Waals surface area contributed by atoms with Gasteiger partial charge >= 0.3 is 0 Å². The Morgan fingerprint density at radius 1 is 1.33 bits per heavy atom. The van der Waals surface area contributed by atoms with Crippen molar-refractivity contribution in [3.8, 4) is 12.3 Å². The van der Waals surface area contributed by atoms with Crippen molar-refractivity contribution in [2.24, 2.45) is 7.05 Å². The van der Waals surface area contributed by atoms with Crippen LogP contribution in [0.25, 0.3) is 10.9 Å². The number of terminal acetylenes is 1. The number of hydrogen-bond donors (Lipinski definition) is 0. The molecule has 2 nitrogen and oxygen atoms in total. The van der Waals surface area contributed by atoms with Gasteiger partial charge < -0.3 is 8.99 Å². The van der Waals surface area contributed by atoms with Crippen LogP contribution < -0.4 is 0 Å². The van der Waals surface area contributed by atoms with Gasteiger partial charge in [0.2, 0.25) is 0 Å². The zero-order valence-corrected chi connectivity index (χ0v) is 16.8. The minimum absolute atomic E-state index is 0.0631. The molecule has 1 aromatic heterocycles. The number of para-hydroxylation sites is 1. The molecular formula is C21H29NOSi. The maximum atomic E-state index is 6.73. The molecule has 0 N–H and O–H groups in total. The summed E-state index contributed by atoms with van der Waals surface area (Å²) in [6.07, 6.45) is 8.50. The van der Waals surface area contributed by atoms with E-state index in [2.05, 4.69) is 70.1 Å². The molecule has 2 aromatic rings. The molecule has 0 spiro atoms.